The summed E-state index contributed by atoms with van der Waals surface area (Å²) in [4.78, 5) is 0. The van der Waals surface area contributed by atoms with Crippen molar-refractivity contribution in [1.29, 1.82) is 0 Å². The Morgan fingerprint density at radius 2 is 2.00 bits per heavy atom. The summed E-state index contributed by atoms with van der Waals surface area (Å²) < 4.78 is 0. The SMILES string of the molecule is CC(C)CNCCC1CCNCC1. The third-order valence-corrected chi connectivity index (χ3v) is 2.74. The van der Waals surface area contributed by atoms with Crippen LogP contribution < -0.4 is 10.6 Å². The van der Waals surface area contributed by atoms with Gasteiger partial charge in [-0.1, -0.05) is 13.8 Å². The summed E-state index contributed by atoms with van der Waals surface area (Å²) in [6.07, 6.45) is 4.13. The molecule has 0 aromatic heterocycles. The molecule has 0 aromatic rings. The molecule has 0 unspecified atom stereocenters. The molecule has 0 aromatic carbocycles. The van der Waals surface area contributed by atoms with Crippen molar-refractivity contribution in [3.8, 4) is 0 Å². The Kier molecular flexibility index (Phi) is 5.40. The van der Waals surface area contributed by atoms with Crippen LogP contribution in [0, 0.1) is 11.8 Å². The Bertz CT molecular complexity index is 117. The van der Waals surface area contributed by atoms with E-state index >= 15 is 0 Å². The fourth-order valence-electron chi connectivity index (χ4n) is 1.87. The zero-order valence-electron chi connectivity index (χ0n) is 9.10. The molecule has 1 saturated heterocycles. The van der Waals surface area contributed by atoms with E-state index in [1.807, 2.05) is 0 Å². The van der Waals surface area contributed by atoms with Crippen LogP contribution >= 0.6 is 0 Å². The molecule has 1 aliphatic rings. The lowest BCUT2D eigenvalue weighted by atomic mass is 9.95. The predicted molar refractivity (Wildman–Crippen MR) is 57.9 cm³/mol. The van der Waals surface area contributed by atoms with E-state index in [1.165, 1.54) is 45.4 Å². The van der Waals surface area contributed by atoms with E-state index in [9.17, 15) is 0 Å². The van der Waals surface area contributed by atoms with Crippen molar-refractivity contribution in [1.82, 2.24) is 10.6 Å². The first-order chi connectivity index (χ1) is 6.29. The van der Waals surface area contributed by atoms with Gasteiger partial charge in [-0.2, -0.15) is 0 Å². The first-order valence-corrected chi connectivity index (χ1v) is 5.70. The molecule has 0 saturated carbocycles. The highest BCUT2D eigenvalue weighted by molar-refractivity contribution is 4.69. The summed E-state index contributed by atoms with van der Waals surface area (Å²) in [5.41, 5.74) is 0. The summed E-state index contributed by atoms with van der Waals surface area (Å²) in [7, 11) is 0. The molecule has 2 nitrogen and oxygen atoms in total. The van der Waals surface area contributed by atoms with Crippen LogP contribution in [-0.4, -0.2) is 26.2 Å². The maximum atomic E-state index is 3.51. The lowest BCUT2D eigenvalue weighted by Crippen LogP contribution is -2.30. The second-order valence-corrected chi connectivity index (χ2v) is 4.58. The van der Waals surface area contributed by atoms with Crippen molar-refractivity contribution < 1.29 is 0 Å². The van der Waals surface area contributed by atoms with Gasteiger partial charge in [0.15, 0.2) is 0 Å². The van der Waals surface area contributed by atoms with Crippen molar-refractivity contribution >= 4 is 0 Å². The molecule has 0 radical (unpaired) electrons. The Morgan fingerprint density at radius 3 is 2.62 bits per heavy atom. The maximum Gasteiger partial charge on any atom is -0.00258 e. The molecule has 1 heterocycles. The van der Waals surface area contributed by atoms with Crippen molar-refractivity contribution in [2.75, 3.05) is 26.2 Å². The van der Waals surface area contributed by atoms with Gasteiger partial charge in [0.05, 0.1) is 0 Å². The van der Waals surface area contributed by atoms with Crippen LogP contribution in [-0.2, 0) is 0 Å². The summed E-state index contributed by atoms with van der Waals surface area (Å²) in [6.45, 7) is 9.37. The molecule has 0 aliphatic carbocycles. The van der Waals surface area contributed by atoms with Crippen molar-refractivity contribution in [3.63, 3.8) is 0 Å². The van der Waals surface area contributed by atoms with Gasteiger partial charge < -0.3 is 10.6 Å². The molecule has 13 heavy (non-hydrogen) atoms. The average molecular weight is 184 g/mol. The molecule has 0 bridgehead atoms. The van der Waals surface area contributed by atoms with E-state index < -0.39 is 0 Å². The standard InChI is InChI=1S/C11H24N2/c1-10(2)9-13-8-5-11-3-6-12-7-4-11/h10-13H,3-9H2,1-2H3. The molecular formula is C11H24N2. The monoisotopic (exact) mass is 184 g/mol. The lowest BCUT2D eigenvalue weighted by Gasteiger charge is -2.22. The van der Waals surface area contributed by atoms with Gasteiger partial charge in [-0.05, 0) is 57.3 Å². The molecule has 1 aliphatic heterocycles. The second kappa shape index (κ2) is 6.39. The molecule has 78 valence electrons. The van der Waals surface area contributed by atoms with Gasteiger partial charge in [-0.15, -0.1) is 0 Å². The second-order valence-electron chi connectivity index (χ2n) is 4.58. The van der Waals surface area contributed by atoms with Gasteiger partial charge in [0.25, 0.3) is 0 Å². The third-order valence-electron chi connectivity index (χ3n) is 2.74. The highest BCUT2D eigenvalue weighted by atomic mass is 14.9. The number of nitrogens with one attached hydrogen (secondary N) is 2. The largest absolute Gasteiger partial charge is 0.317 e. The highest BCUT2D eigenvalue weighted by Gasteiger charge is 2.11. The topological polar surface area (TPSA) is 24.1 Å². The van der Waals surface area contributed by atoms with Crippen molar-refractivity contribution in [3.05, 3.63) is 0 Å². The van der Waals surface area contributed by atoms with E-state index in [0.29, 0.717) is 0 Å². The average Bonchev–Trinajstić information content (AvgIpc) is 2.14. The zero-order chi connectivity index (χ0) is 9.52. The van der Waals surface area contributed by atoms with Crippen LogP contribution in [0.3, 0.4) is 0 Å². The van der Waals surface area contributed by atoms with Gasteiger partial charge in [0.2, 0.25) is 0 Å². The maximum absolute atomic E-state index is 3.51. The lowest BCUT2D eigenvalue weighted by molar-refractivity contribution is 0.345. The Balaban J connectivity index is 1.92. The van der Waals surface area contributed by atoms with Crippen LogP contribution in [0.25, 0.3) is 0 Å². The summed E-state index contributed by atoms with van der Waals surface area (Å²) in [6, 6.07) is 0. The molecule has 1 fully saturated rings. The van der Waals surface area contributed by atoms with Crippen LogP contribution in [0.4, 0.5) is 0 Å². The summed E-state index contributed by atoms with van der Waals surface area (Å²) in [5, 5.41) is 6.91. The molecule has 0 amide bonds. The number of hydrogen-bond donors (Lipinski definition) is 2. The van der Waals surface area contributed by atoms with Crippen LogP contribution in [0.5, 0.6) is 0 Å². The van der Waals surface area contributed by atoms with Crippen molar-refractivity contribution in [2.45, 2.75) is 33.1 Å². The van der Waals surface area contributed by atoms with Gasteiger partial charge >= 0.3 is 0 Å². The van der Waals surface area contributed by atoms with E-state index in [-0.39, 0.29) is 0 Å². The van der Waals surface area contributed by atoms with Gasteiger partial charge in [-0.3, -0.25) is 0 Å². The first kappa shape index (κ1) is 11.0. The normalized spacial score (nSPS) is 19.6. The Labute approximate surface area is 82.5 Å². The minimum atomic E-state index is 0.785. The van der Waals surface area contributed by atoms with Gasteiger partial charge in [0, 0.05) is 0 Å². The Hall–Kier alpha value is -0.0800. The highest BCUT2D eigenvalue weighted by Crippen LogP contribution is 2.14. The fraction of sp³-hybridized carbons (Fsp3) is 1.00. The minimum absolute atomic E-state index is 0.785. The molecule has 2 heteroatoms. The number of hydrogen-bond acceptors (Lipinski definition) is 2. The van der Waals surface area contributed by atoms with Gasteiger partial charge in [-0.25, -0.2) is 0 Å². The van der Waals surface area contributed by atoms with Crippen LogP contribution in [0.15, 0.2) is 0 Å². The predicted octanol–water partition coefficient (Wildman–Crippen LogP) is 1.62. The first-order valence-electron chi connectivity index (χ1n) is 5.70. The fourth-order valence-corrected chi connectivity index (χ4v) is 1.87. The molecule has 1 rings (SSSR count). The smallest absolute Gasteiger partial charge is 0.00258 e. The van der Waals surface area contributed by atoms with Crippen molar-refractivity contribution in [2.24, 2.45) is 11.8 Å². The van der Waals surface area contributed by atoms with E-state index in [1.54, 1.807) is 0 Å². The molecule has 0 atom stereocenters. The number of rotatable bonds is 5. The van der Waals surface area contributed by atoms with E-state index in [2.05, 4.69) is 24.5 Å². The van der Waals surface area contributed by atoms with Crippen LogP contribution in [0.2, 0.25) is 0 Å². The summed E-state index contributed by atoms with van der Waals surface area (Å²) >= 11 is 0. The minimum Gasteiger partial charge on any atom is -0.317 e. The van der Waals surface area contributed by atoms with E-state index in [4.69, 9.17) is 0 Å². The Morgan fingerprint density at radius 1 is 1.31 bits per heavy atom. The van der Waals surface area contributed by atoms with Gasteiger partial charge in [0.1, 0.15) is 0 Å². The summed E-state index contributed by atoms with van der Waals surface area (Å²) in [5.74, 6) is 1.76. The zero-order valence-corrected chi connectivity index (χ0v) is 9.10. The number of piperidine rings is 1. The molecule has 0 spiro atoms. The van der Waals surface area contributed by atoms with Crippen LogP contribution in [0.1, 0.15) is 33.1 Å². The quantitative estimate of drug-likeness (QED) is 0.635. The molecule has 2 N–H and O–H groups in total. The molecular weight excluding hydrogens is 160 g/mol. The third kappa shape index (κ3) is 5.27. The van der Waals surface area contributed by atoms with E-state index in [0.717, 1.165) is 11.8 Å².